The number of hydrogen-bond donors (Lipinski definition) is 4. The third kappa shape index (κ3) is 5.10. The van der Waals surface area contributed by atoms with E-state index in [2.05, 4.69) is 0 Å². The lowest BCUT2D eigenvalue weighted by molar-refractivity contribution is 0.480. The molecular formula is C14H12O12S4. The Labute approximate surface area is 171 Å². The molecule has 0 heterocycles. The van der Waals surface area contributed by atoms with Crippen molar-refractivity contribution in [3.63, 3.8) is 0 Å². The smallest absolute Gasteiger partial charge is 0.282 e. The van der Waals surface area contributed by atoms with E-state index < -0.39 is 71.2 Å². The summed E-state index contributed by atoms with van der Waals surface area (Å²) in [5, 5.41) is 0. The van der Waals surface area contributed by atoms with Crippen LogP contribution in [0.1, 0.15) is 11.1 Å². The highest BCUT2D eigenvalue weighted by Crippen LogP contribution is 2.38. The zero-order valence-corrected chi connectivity index (χ0v) is 17.6. The Hall–Kier alpha value is -2.18. The molecule has 0 bridgehead atoms. The second-order valence-corrected chi connectivity index (χ2v) is 11.0. The quantitative estimate of drug-likeness (QED) is 0.319. The Morgan fingerprint density at radius 2 is 0.767 bits per heavy atom. The van der Waals surface area contributed by atoms with Crippen LogP contribution in [0.25, 0.3) is 9.81 Å². The van der Waals surface area contributed by atoms with Crippen molar-refractivity contribution in [3.8, 4) is 0 Å². The fourth-order valence-corrected chi connectivity index (χ4v) is 6.27. The van der Waals surface area contributed by atoms with Gasteiger partial charge in [-0.05, 0) is 12.1 Å². The molecule has 0 spiro atoms. The topological polar surface area (TPSA) is 217 Å². The lowest BCUT2D eigenvalue weighted by atomic mass is 10.1. The van der Waals surface area contributed by atoms with Crippen LogP contribution in [-0.4, -0.2) is 51.9 Å². The van der Waals surface area contributed by atoms with Gasteiger partial charge in [0.1, 0.15) is 19.6 Å². The third-order valence-electron chi connectivity index (χ3n) is 3.54. The highest BCUT2D eigenvalue weighted by molar-refractivity contribution is 8.01. The van der Waals surface area contributed by atoms with E-state index in [9.17, 15) is 51.9 Å². The largest absolute Gasteiger partial charge is 0.296 e. The van der Waals surface area contributed by atoms with Crippen LogP contribution in [0.5, 0.6) is 0 Å². The van der Waals surface area contributed by atoms with Crippen LogP contribution in [0.4, 0.5) is 0 Å². The summed E-state index contributed by atoms with van der Waals surface area (Å²) in [6, 6.07) is 6.72. The molecule has 16 heteroatoms. The van der Waals surface area contributed by atoms with Crippen LogP contribution < -0.4 is 0 Å². The maximum atomic E-state index is 12.1. The first-order valence-electron chi connectivity index (χ1n) is 7.28. The van der Waals surface area contributed by atoms with Crippen molar-refractivity contribution >= 4 is 50.3 Å². The van der Waals surface area contributed by atoms with Gasteiger partial charge in [0.05, 0.1) is 0 Å². The van der Waals surface area contributed by atoms with Crippen molar-refractivity contribution in [2.45, 2.75) is 9.79 Å². The van der Waals surface area contributed by atoms with E-state index in [0.717, 1.165) is 24.3 Å². The first-order chi connectivity index (χ1) is 13.5. The SMILES string of the molecule is O=S(=O)(O)C(=C(c1ccccc1S(=O)(=O)O)S(=O)(=O)O)c1ccccc1S(=O)(=O)O. The maximum Gasteiger partial charge on any atom is 0.296 e. The monoisotopic (exact) mass is 500 g/mol. The molecule has 0 fully saturated rings. The molecule has 0 saturated heterocycles. The highest BCUT2D eigenvalue weighted by atomic mass is 32.2. The van der Waals surface area contributed by atoms with Crippen LogP contribution in [0.3, 0.4) is 0 Å². The van der Waals surface area contributed by atoms with Crippen molar-refractivity contribution < 1.29 is 51.9 Å². The summed E-state index contributed by atoms with van der Waals surface area (Å²) in [5.41, 5.74) is -2.19. The minimum Gasteiger partial charge on any atom is -0.282 e. The van der Waals surface area contributed by atoms with Crippen molar-refractivity contribution in [1.82, 2.24) is 0 Å². The molecule has 164 valence electrons. The summed E-state index contributed by atoms with van der Waals surface area (Å²) < 4.78 is 133. The highest BCUT2D eigenvalue weighted by Gasteiger charge is 2.36. The molecule has 30 heavy (non-hydrogen) atoms. The normalized spacial score (nSPS) is 14.3. The zero-order valence-electron chi connectivity index (χ0n) is 14.3. The molecule has 2 rings (SSSR count). The van der Waals surface area contributed by atoms with E-state index in [0.29, 0.717) is 24.3 Å². The summed E-state index contributed by atoms with van der Waals surface area (Å²) >= 11 is 0. The molecule has 2 aromatic rings. The fraction of sp³-hybridized carbons (Fsp3) is 0. The minimum atomic E-state index is -5.71. The predicted octanol–water partition coefficient (Wildman–Crippen LogP) is 0.781. The van der Waals surface area contributed by atoms with E-state index in [1.807, 2.05) is 0 Å². The molecule has 0 saturated carbocycles. The lowest BCUT2D eigenvalue weighted by Crippen LogP contribution is -2.15. The molecule has 2 aromatic carbocycles. The summed E-state index contributed by atoms with van der Waals surface area (Å²) in [7, 11) is -21.8. The molecule has 0 atom stereocenters. The summed E-state index contributed by atoms with van der Waals surface area (Å²) in [5.74, 6) is 0. The Kier molecular flexibility index (Phi) is 6.28. The Morgan fingerprint density at radius 1 is 0.500 bits per heavy atom. The standard InChI is InChI=1S/C14H12O12S4/c15-27(16,17)11-7-3-1-5-9(11)13(29(21,22)23)14(30(24,25)26)10-6-2-4-8-12(10)28(18,19)20/h1-8H,(H,15,16,17)(H,18,19,20)(H,21,22,23)(H,24,25,26). The van der Waals surface area contributed by atoms with E-state index in [-0.39, 0.29) is 0 Å². The Bertz CT molecular complexity index is 1350. The molecule has 0 aliphatic rings. The van der Waals surface area contributed by atoms with E-state index in [1.165, 1.54) is 0 Å². The zero-order chi connectivity index (χ0) is 23.1. The summed E-state index contributed by atoms with van der Waals surface area (Å²) in [4.78, 5) is -5.87. The van der Waals surface area contributed by atoms with Crippen molar-refractivity contribution in [2.24, 2.45) is 0 Å². The van der Waals surface area contributed by atoms with Gasteiger partial charge in [0.25, 0.3) is 40.5 Å². The minimum absolute atomic E-state index is 0.659. The van der Waals surface area contributed by atoms with Gasteiger partial charge in [-0.3, -0.25) is 18.2 Å². The van der Waals surface area contributed by atoms with Gasteiger partial charge in [-0.1, -0.05) is 36.4 Å². The molecule has 12 nitrogen and oxygen atoms in total. The fourth-order valence-electron chi connectivity index (χ4n) is 2.52. The van der Waals surface area contributed by atoms with Gasteiger partial charge in [-0.15, -0.1) is 0 Å². The van der Waals surface area contributed by atoms with E-state index in [1.54, 1.807) is 0 Å². The van der Waals surface area contributed by atoms with Crippen molar-refractivity contribution in [1.29, 1.82) is 0 Å². The molecule has 0 aliphatic heterocycles. The van der Waals surface area contributed by atoms with Gasteiger partial charge in [0.2, 0.25) is 0 Å². The van der Waals surface area contributed by atoms with Crippen LogP contribution in [0.15, 0.2) is 58.3 Å². The van der Waals surface area contributed by atoms with Crippen LogP contribution >= 0.6 is 0 Å². The predicted molar refractivity (Wildman–Crippen MR) is 102 cm³/mol. The molecule has 0 unspecified atom stereocenters. The molecular weight excluding hydrogens is 488 g/mol. The first kappa shape index (κ1) is 24.1. The average molecular weight is 501 g/mol. The van der Waals surface area contributed by atoms with Crippen LogP contribution in [-0.2, 0) is 40.5 Å². The number of hydrogen-bond acceptors (Lipinski definition) is 8. The maximum absolute atomic E-state index is 12.1. The lowest BCUT2D eigenvalue weighted by Gasteiger charge is -2.15. The molecule has 0 aromatic heterocycles. The third-order valence-corrected chi connectivity index (χ3v) is 7.37. The first-order valence-corrected chi connectivity index (χ1v) is 13.0. The average Bonchev–Trinajstić information content (AvgIpc) is 2.56. The second-order valence-electron chi connectivity index (χ2n) is 5.55. The molecule has 0 radical (unpaired) electrons. The van der Waals surface area contributed by atoms with Gasteiger partial charge in [-0.2, -0.15) is 33.7 Å². The van der Waals surface area contributed by atoms with Gasteiger partial charge in [0.15, 0.2) is 0 Å². The van der Waals surface area contributed by atoms with Gasteiger partial charge in [0, 0.05) is 11.1 Å². The number of benzene rings is 2. The Balaban J connectivity index is 3.30. The van der Waals surface area contributed by atoms with Crippen molar-refractivity contribution in [2.75, 3.05) is 0 Å². The van der Waals surface area contributed by atoms with E-state index >= 15 is 0 Å². The van der Waals surface area contributed by atoms with Crippen LogP contribution in [0, 0.1) is 0 Å². The van der Waals surface area contributed by atoms with Crippen molar-refractivity contribution in [3.05, 3.63) is 59.7 Å². The Morgan fingerprint density at radius 3 is 1.00 bits per heavy atom. The van der Waals surface area contributed by atoms with Gasteiger partial charge >= 0.3 is 0 Å². The molecule has 0 amide bonds. The molecule has 4 N–H and O–H groups in total. The van der Waals surface area contributed by atoms with Gasteiger partial charge < -0.3 is 0 Å². The van der Waals surface area contributed by atoms with E-state index in [4.69, 9.17) is 0 Å². The second kappa shape index (κ2) is 7.82. The molecule has 0 aliphatic carbocycles. The summed E-state index contributed by atoms with van der Waals surface area (Å²) in [6.45, 7) is 0. The van der Waals surface area contributed by atoms with Gasteiger partial charge in [-0.25, -0.2) is 0 Å². The number of rotatable bonds is 6. The van der Waals surface area contributed by atoms with Crippen LogP contribution in [0.2, 0.25) is 0 Å². The summed E-state index contributed by atoms with van der Waals surface area (Å²) in [6.07, 6.45) is 0.